The molecule has 0 spiro atoms. The third-order valence-corrected chi connectivity index (χ3v) is 1.33. The van der Waals surface area contributed by atoms with Gasteiger partial charge in [-0.2, -0.15) is 0 Å². The van der Waals surface area contributed by atoms with Crippen LogP contribution in [-0.4, -0.2) is 0 Å². The second kappa shape index (κ2) is 6.66. The Labute approximate surface area is 64.3 Å². The van der Waals surface area contributed by atoms with Gasteiger partial charge in [-0.1, -0.05) is 26.3 Å². The molecule has 0 aromatic rings. The summed E-state index contributed by atoms with van der Waals surface area (Å²) in [4.78, 5) is 0. The number of allylic oxidation sites excluding steroid dienone is 2. The monoisotopic (exact) mass is 141 g/mol. The zero-order valence-corrected chi connectivity index (χ0v) is 7.19. The highest BCUT2D eigenvalue weighted by Gasteiger charge is 1.95. The van der Waals surface area contributed by atoms with Crippen LogP contribution in [-0.2, 0) is 0 Å². The largest absolute Gasteiger partial charge is 0.402 e. The van der Waals surface area contributed by atoms with Gasteiger partial charge in [-0.3, -0.25) is 0 Å². The molecule has 1 nitrogen and oxygen atoms in total. The Morgan fingerprint density at radius 2 is 2.00 bits per heavy atom. The van der Waals surface area contributed by atoms with E-state index in [9.17, 15) is 0 Å². The molecule has 0 bridgehead atoms. The molecule has 2 N–H and O–H groups in total. The molecule has 0 aromatic heterocycles. The lowest BCUT2D eigenvalue weighted by atomic mass is 10.1. The van der Waals surface area contributed by atoms with Crippen LogP contribution in [0.4, 0.5) is 0 Å². The first kappa shape index (κ1) is 9.54. The van der Waals surface area contributed by atoms with Crippen molar-refractivity contribution in [3.05, 3.63) is 11.8 Å². The smallest absolute Gasteiger partial charge is 0.00399 e. The summed E-state index contributed by atoms with van der Waals surface area (Å²) in [6, 6.07) is 0. The maximum atomic E-state index is 5.50. The second-order valence-corrected chi connectivity index (χ2v) is 2.73. The van der Waals surface area contributed by atoms with E-state index in [1.54, 1.807) is 0 Å². The highest BCUT2D eigenvalue weighted by Crippen LogP contribution is 2.11. The summed E-state index contributed by atoms with van der Waals surface area (Å²) in [6.45, 7) is 4.25. The average molecular weight is 141 g/mol. The zero-order chi connectivity index (χ0) is 7.82. The van der Waals surface area contributed by atoms with Crippen molar-refractivity contribution in [3.8, 4) is 0 Å². The summed E-state index contributed by atoms with van der Waals surface area (Å²) in [5, 5.41) is 0. The zero-order valence-electron chi connectivity index (χ0n) is 7.19. The van der Waals surface area contributed by atoms with E-state index in [-0.39, 0.29) is 0 Å². The lowest BCUT2D eigenvalue weighted by Gasteiger charge is -2.05. The molecule has 0 aromatic carbocycles. The van der Waals surface area contributed by atoms with E-state index < -0.39 is 0 Å². The summed E-state index contributed by atoms with van der Waals surface area (Å²) < 4.78 is 0. The van der Waals surface area contributed by atoms with Gasteiger partial charge in [0.25, 0.3) is 0 Å². The van der Waals surface area contributed by atoms with Gasteiger partial charge >= 0.3 is 0 Å². The summed E-state index contributed by atoms with van der Waals surface area (Å²) in [6.07, 6.45) is 8.33. The molecule has 0 aliphatic heterocycles. The molecular formula is C9H19N. The fourth-order valence-corrected chi connectivity index (χ4v) is 0.863. The molecular weight excluding hydrogens is 122 g/mol. The van der Waals surface area contributed by atoms with Gasteiger partial charge in [0.2, 0.25) is 0 Å². The van der Waals surface area contributed by atoms with Gasteiger partial charge in [0, 0.05) is 5.70 Å². The standard InChI is InChI=1S/C6H11N.C3H8/c7-6-4-2-1-3-5-6;1-3-2/h4H,1-3,5,7H2;3H2,1-2H3. The quantitative estimate of drug-likeness (QED) is 0.551. The van der Waals surface area contributed by atoms with Gasteiger partial charge < -0.3 is 5.73 Å². The van der Waals surface area contributed by atoms with Crippen molar-refractivity contribution in [3.63, 3.8) is 0 Å². The van der Waals surface area contributed by atoms with E-state index in [1.807, 2.05) is 0 Å². The Morgan fingerprint density at radius 1 is 1.40 bits per heavy atom. The number of rotatable bonds is 0. The second-order valence-electron chi connectivity index (χ2n) is 2.73. The van der Waals surface area contributed by atoms with Gasteiger partial charge in [0.1, 0.15) is 0 Å². The van der Waals surface area contributed by atoms with E-state index in [0.717, 1.165) is 12.1 Å². The minimum absolute atomic E-state index is 1.09. The van der Waals surface area contributed by atoms with E-state index >= 15 is 0 Å². The number of nitrogens with two attached hydrogens (primary N) is 1. The average Bonchev–Trinajstić information content (AvgIpc) is 1.91. The van der Waals surface area contributed by atoms with Crippen molar-refractivity contribution in [1.82, 2.24) is 0 Å². The lowest BCUT2D eigenvalue weighted by Crippen LogP contribution is -2.00. The Morgan fingerprint density at radius 3 is 2.20 bits per heavy atom. The van der Waals surface area contributed by atoms with Gasteiger partial charge in [0.05, 0.1) is 0 Å². The van der Waals surface area contributed by atoms with Crippen LogP contribution in [0.25, 0.3) is 0 Å². The highest BCUT2D eigenvalue weighted by atomic mass is 14.6. The van der Waals surface area contributed by atoms with Crippen molar-refractivity contribution in [1.29, 1.82) is 0 Å². The van der Waals surface area contributed by atoms with Gasteiger partial charge in [-0.25, -0.2) is 0 Å². The normalized spacial score (nSPS) is 16.8. The maximum Gasteiger partial charge on any atom is 0.00399 e. The topological polar surface area (TPSA) is 26.0 Å². The SMILES string of the molecule is CCC.NC1=CCCCC1. The molecule has 60 valence electrons. The third-order valence-electron chi connectivity index (χ3n) is 1.33. The van der Waals surface area contributed by atoms with Crippen molar-refractivity contribution in [2.24, 2.45) is 5.73 Å². The van der Waals surface area contributed by atoms with Gasteiger partial charge in [-0.15, -0.1) is 0 Å². The predicted octanol–water partition coefficient (Wildman–Crippen LogP) is 2.82. The lowest BCUT2D eigenvalue weighted by molar-refractivity contribution is 0.696. The molecule has 1 rings (SSSR count). The van der Waals surface area contributed by atoms with Crippen LogP contribution in [0.1, 0.15) is 46.0 Å². The Balaban J connectivity index is 0.000000236. The van der Waals surface area contributed by atoms with Crippen LogP contribution in [0.15, 0.2) is 11.8 Å². The van der Waals surface area contributed by atoms with Crippen molar-refractivity contribution in [2.75, 3.05) is 0 Å². The highest BCUT2D eigenvalue weighted by molar-refractivity contribution is 4.98. The molecule has 0 saturated heterocycles. The van der Waals surface area contributed by atoms with E-state index in [1.165, 1.54) is 25.7 Å². The molecule has 1 aliphatic rings. The molecule has 0 heterocycles. The summed E-state index contributed by atoms with van der Waals surface area (Å²) >= 11 is 0. The molecule has 0 saturated carbocycles. The van der Waals surface area contributed by atoms with Crippen LogP contribution < -0.4 is 5.73 Å². The van der Waals surface area contributed by atoms with Crippen molar-refractivity contribution < 1.29 is 0 Å². The molecule has 0 fully saturated rings. The van der Waals surface area contributed by atoms with Crippen LogP contribution in [0, 0.1) is 0 Å². The van der Waals surface area contributed by atoms with E-state index in [4.69, 9.17) is 5.73 Å². The molecule has 1 aliphatic carbocycles. The minimum Gasteiger partial charge on any atom is -0.402 e. The first-order valence-corrected chi connectivity index (χ1v) is 4.25. The molecule has 1 heteroatoms. The fourth-order valence-electron chi connectivity index (χ4n) is 0.863. The number of hydrogen-bond donors (Lipinski definition) is 1. The molecule has 0 unspecified atom stereocenters. The third kappa shape index (κ3) is 5.67. The first-order valence-electron chi connectivity index (χ1n) is 4.25. The van der Waals surface area contributed by atoms with Gasteiger partial charge in [-0.05, 0) is 25.7 Å². The van der Waals surface area contributed by atoms with E-state index in [0.29, 0.717) is 0 Å². The van der Waals surface area contributed by atoms with Crippen LogP contribution in [0.3, 0.4) is 0 Å². The van der Waals surface area contributed by atoms with Gasteiger partial charge in [0.15, 0.2) is 0 Å². The number of hydrogen-bond acceptors (Lipinski definition) is 1. The van der Waals surface area contributed by atoms with E-state index in [2.05, 4.69) is 19.9 Å². The summed E-state index contributed by atoms with van der Waals surface area (Å²) in [7, 11) is 0. The minimum atomic E-state index is 1.09. The first-order chi connectivity index (χ1) is 4.81. The Bertz CT molecular complexity index is 94.9. The van der Waals surface area contributed by atoms with Crippen molar-refractivity contribution in [2.45, 2.75) is 46.0 Å². The maximum absolute atomic E-state index is 5.50. The van der Waals surface area contributed by atoms with Crippen LogP contribution in [0.2, 0.25) is 0 Å². The molecule has 0 atom stereocenters. The summed E-state index contributed by atoms with van der Waals surface area (Å²) in [5.41, 5.74) is 6.58. The molecule has 10 heavy (non-hydrogen) atoms. The van der Waals surface area contributed by atoms with Crippen LogP contribution in [0.5, 0.6) is 0 Å². The molecule has 0 radical (unpaired) electrons. The summed E-state index contributed by atoms with van der Waals surface area (Å²) in [5.74, 6) is 0. The molecule has 0 amide bonds. The Hall–Kier alpha value is -0.460. The van der Waals surface area contributed by atoms with Crippen LogP contribution >= 0.6 is 0 Å². The fraction of sp³-hybridized carbons (Fsp3) is 0.778. The van der Waals surface area contributed by atoms with Crippen molar-refractivity contribution >= 4 is 0 Å². The predicted molar refractivity (Wildman–Crippen MR) is 46.7 cm³/mol. The Kier molecular flexibility index (Phi) is 6.35.